The number of nitrogens with zero attached hydrogens (tertiary/aromatic N) is 2. The van der Waals surface area contributed by atoms with Crippen LogP contribution in [-0.2, 0) is 53.5 Å². The number of Topliss-reactive ketones (excluding diaryl/α,β-unsaturated/α-hetero) is 2. The summed E-state index contributed by atoms with van der Waals surface area (Å²) < 4.78 is 58.3. The van der Waals surface area contributed by atoms with Crippen LogP contribution in [0.3, 0.4) is 0 Å². The molecule has 0 saturated heterocycles. The van der Waals surface area contributed by atoms with Gasteiger partial charge in [-0.05, 0) is 92.6 Å². The van der Waals surface area contributed by atoms with Crippen molar-refractivity contribution in [1.82, 2.24) is 9.97 Å². The van der Waals surface area contributed by atoms with Crippen LogP contribution in [0.2, 0.25) is 0 Å². The number of pyridine rings is 2. The second-order valence-corrected chi connectivity index (χ2v) is 15.5. The summed E-state index contributed by atoms with van der Waals surface area (Å²) in [4.78, 5) is 54.9. The maximum atomic E-state index is 15.0. The molecule has 0 aliphatic rings. The molecule has 356 valence electrons. The first-order valence-electron chi connectivity index (χ1n) is 21.4. The molecule has 8 aromatic rings. The number of aliphatic carboxylic acids is 1. The molecule has 4 aromatic carbocycles. The molecular formula is C52H47F2LiN4O11. The number of ether oxygens (including phenoxy) is 3. The average molecular weight is 949 g/mol. The van der Waals surface area contributed by atoms with E-state index in [9.17, 15) is 28.7 Å². The van der Waals surface area contributed by atoms with E-state index in [2.05, 4.69) is 9.97 Å². The fourth-order valence-electron chi connectivity index (χ4n) is 7.49. The Morgan fingerprint density at radius 3 is 1.47 bits per heavy atom. The molecule has 70 heavy (non-hydrogen) atoms. The number of halogens is 2. The van der Waals surface area contributed by atoms with Gasteiger partial charge in [0.2, 0.25) is 0 Å². The number of nitrogens with two attached hydrogens (primary N) is 2. The van der Waals surface area contributed by atoms with Gasteiger partial charge in [0.15, 0.2) is 23.2 Å². The molecule has 8 rings (SSSR count). The Morgan fingerprint density at radius 1 is 0.629 bits per heavy atom. The Morgan fingerprint density at radius 2 is 1.07 bits per heavy atom. The van der Waals surface area contributed by atoms with E-state index in [1.807, 2.05) is 12.1 Å². The first-order chi connectivity index (χ1) is 32.8. The van der Waals surface area contributed by atoms with Gasteiger partial charge in [0.25, 0.3) is 0 Å². The van der Waals surface area contributed by atoms with Crippen LogP contribution in [0.5, 0.6) is 11.5 Å². The van der Waals surface area contributed by atoms with Crippen LogP contribution in [0.1, 0.15) is 75.1 Å². The summed E-state index contributed by atoms with van der Waals surface area (Å²) in [5, 5.41) is 10.7. The molecule has 0 unspecified atom stereocenters. The second-order valence-electron chi connectivity index (χ2n) is 15.5. The largest absolute Gasteiger partial charge is 1.00 e. The van der Waals surface area contributed by atoms with E-state index >= 15 is 4.39 Å². The average Bonchev–Trinajstić information content (AvgIpc) is 4.01. The molecule has 0 aliphatic heterocycles. The number of carbonyl (C=O) groups is 4. The van der Waals surface area contributed by atoms with Crippen LogP contribution in [0.15, 0.2) is 119 Å². The second kappa shape index (κ2) is 24.2. The molecule has 0 aliphatic carbocycles. The van der Waals surface area contributed by atoms with Crippen molar-refractivity contribution >= 4 is 45.4 Å². The third-order valence-corrected chi connectivity index (χ3v) is 10.8. The Balaban J connectivity index is 0.000000254. The summed E-state index contributed by atoms with van der Waals surface area (Å²) in [5.41, 5.74) is 17.7. The Kier molecular flexibility index (Phi) is 18.4. The molecule has 0 atom stereocenters. The van der Waals surface area contributed by atoms with E-state index in [1.165, 1.54) is 44.8 Å². The Hall–Kier alpha value is -7.52. The Labute approximate surface area is 412 Å². The zero-order valence-electron chi connectivity index (χ0n) is 38.7. The van der Waals surface area contributed by atoms with Crippen molar-refractivity contribution in [3.8, 4) is 33.8 Å². The number of carboxylic acids is 1. The number of hydrogen-bond acceptors (Lipinski definition) is 14. The van der Waals surface area contributed by atoms with E-state index in [0.29, 0.717) is 72.7 Å². The van der Waals surface area contributed by atoms with Gasteiger partial charge in [0, 0.05) is 80.8 Å². The van der Waals surface area contributed by atoms with Crippen molar-refractivity contribution < 1.29 is 80.4 Å². The summed E-state index contributed by atoms with van der Waals surface area (Å²) >= 11 is 0. The summed E-state index contributed by atoms with van der Waals surface area (Å²) in [6.45, 7) is 5.00. The molecular weight excluding hydrogens is 902 g/mol. The molecule has 18 heteroatoms. The minimum atomic E-state index is -1.01. The van der Waals surface area contributed by atoms with Crippen molar-refractivity contribution in [2.24, 2.45) is 11.5 Å². The number of ketones is 2. The molecule has 4 heterocycles. The first kappa shape index (κ1) is 53.4. The fourth-order valence-corrected chi connectivity index (χ4v) is 7.49. The molecule has 0 radical (unpaired) electrons. The van der Waals surface area contributed by atoms with Gasteiger partial charge in [-0.1, -0.05) is 24.3 Å². The molecule has 6 N–H and O–H groups in total. The van der Waals surface area contributed by atoms with Crippen molar-refractivity contribution in [2.75, 3.05) is 6.61 Å². The molecule has 4 aromatic heterocycles. The standard InChI is InChI=1S/C27H25FN2O5.C25H21FN2O5.Li.H2O/c1-3-33-25(32)13-19-5-4-18(16(2)31)12-24(19)35-15-17-10-20-7-9-34-27(20)22(11-17)21-6-8-30-23(14-29)26(21)28;1-14(29)16-2-3-17(11-23(30)31)22(10-16)33-13-15-8-18-5-7-32-25(18)20(9-15)19-4-6-28-21(12-27)24(19)26;;/h4-12H,3,13-15,29H2,1-2H3;2-10H,11-13,27H2,1H3,(H,30,31);;1H2/q;;+1;/p-1. The quantitative estimate of drug-likeness (QED) is 0.0514. The SMILES string of the molecule is CC(=O)c1ccc(CC(=O)O)c(OCc2cc(-c3ccnc(CN)c3F)c3occc3c2)c1.CCOC(=O)Cc1ccc(C(C)=O)cc1OCc1cc(-c2ccnc(CN)c2F)c2occc2c1.[Li+].[OH-]. The third-order valence-electron chi connectivity index (χ3n) is 10.8. The van der Waals surface area contributed by atoms with Crippen molar-refractivity contribution in [3.63, 3.8) is 0 Å². The zero-order valence-corrected chi connectivity index (χ0v) is 38.7. The maximum absolute atomic E-state index is 15.0. The van der Waals surface area contributed by atoms with E-state index < -0.39 is 17.6 Å². The fraction of sp³-hybridized carbons (Fsp3) is 0.192. The predicted octanol–water partition coefficient (Wildman–Crippen LogP) is 6.31. The summed E-state index contributed by atoms with van der Waals surface area (Å²) in [6, 6.07) is 23.6. The molecule has 15 nitrogen and oxygen atoms in total. The summed E-state index contributed by atoms with van der Waals surface area (Å²) in [7, 11) is 0. The van der Waals surface area contributed by atoms with E-state index in [4.69, 9.17) is 34.5 Å². The predicted molar refractivity (Wildman–Crippen MR) is 250 cm³/mol. The summed E-state index contributed by atoms with van der Waals surface area (Å²) in [5.74, 6) is -2.00. The van der Waals surface area contributed by atoms with E-state index in [-0.39, 0.29) is 99.0 Å². The smallest absolute Gasteiger partial charge is 0.870 e. The van der Waals surface area contributed by atoms with Gasteiger partial charge >= 0.3 is 30.8 Å². The van der Waals surface area contributed by atoms with Crippen LogP contribution < -0.4 is 39.8 Å². The van der Waals surface area contributed by atoms with Gasteiger partial charge in [0.05, 0.1) is 43.4 Å². The van der Waals surface area contributed by atoms with Gasteiger partial charge in [-0.25, -0.2) is 8.78 Å². The number of carbonyl (C=O) groups excluding carboxylic acids is 3. The topological polar surface area (TPSA) is 250 Å². The van der Waals surface area contributed by atoms with Crippen LogP contribution >= 0.6 is 0 Å². The minimum Gasteiger partial charge on any atom is -0.870 e. The first-order valence-corrected chi connectivity index (χ1v) is 21.4. The zero-order chi connectivity index (χ0) is 48.5. The van der Waals surface area contributed by atoms with Crippen molar-refractivity contribution in [1.29, 1.82) is 0 Å². The van der Waals surface area contributed by atoms with E-state index in [0.717, 1.165) is 16.3 Å². The molecule has 0 bridgehead atoms. The van der Waals surface area contributed by atoms with E-state index in [1.54, 1.807) is 73.7 Å². The molecule has 0 amide bonds. The van der Waals surface area contributed by atoms with Gasteiger partial charge in [-0.2, -0.15) is 0 Å². The minimum absolute atomic E-state index is 0. The number of hydrogen-bond donors (Lipinski definition) is 3. The van der Waals surface area contributed by atoms with Gasteiger partial charge in [0.1, 0.15) is 35.9 Å². The normalized spacial score (nSPS) is 10.7. The van der Waals surface area contributed by atoms with Crippen LogP contribution in [0.25, 0.3) is 44.2 Å². The molecule has 0 fully saturated rings. The van der Waals surface area contributed by atoms with Gasteiger partial charge in [-0.15, -0.1) is 0 Å². The number of furan rings is 2. The van der Waals surface area contributed by atoms with Gasteiger partial charge in [-0.3, -0.25) is 29.1 Å². The molecule has 0 spiro atoms. The Bertz CT molecular complexity index is 3190. The third kappa shape index (κ3) is 12.4. The number of aromatic nitrogens is 2. The number of rotatable bonds is 17. The van der Waals surface area contributed by atoms with Crippen LogP contribution in [0, 0.1) is 11.6 Å². The number of benzene rings is 4. The number of fused-ring (bicyclic) bond motifs is 2. The van der Waals surface area contributed by atoms with Gasteiger partial charge < -0.3 is 45.1 Å². The van der Waals surface area contributed by atoms with Crippen molar-refractivity contribution in [3.05, 3.63) is 166 Å². The van der Waals surface area contributed by atoms with Crippen LogP contribution in [0.4, 0.5) is 8.78 Å². The number of esters is 1. The number of carboxylic acid groups (broad SMARTS) is 1. The van der Waals surface area contributed by atoms with Crippen LogP contribution in [-0.4, -0.2) is 50.7 Å². The van der Waals surface area contributed by atoms with Crippen molar-refractivity contribution in [2.45, 2.75) is 59.9 Å². The molecule has 0 saturated carbocycles. The maximum Gasteiger partial charge on any atom is 1.00 e. The summed E-state index contributed by atoms with van der Waals surface area (Å²) in [6.07, 6.45) is 5.82. The monoisotopic (exact) mass is 948 g/mol.